The molecule has 0 bridgehead atoms. The molecule has 0 unspecified atom stereocenters. The molecule has 0 fully saturated rings. The molecule has 6 aromatic rings. The highest BCUT2D eigenvalue weighted by Gasteiger charge is 2.22. The molecule has 31 heavy (non-hydrogen) atoms. The number of nitrogens with zero attached hydrogens (tertiary/aromatic N) is 3. The molecular formula is C26H17N3S2. The maximum Gasteiger partial charge on any atom is 0.106 e. The van der Waals surface area contributed by atoms with E-state index in [2.05, 4.69) is 77.6 Å². The van der Waals surface area contributed by atoms with Crippen LogP contribution in [-0.4, -0.2) is 14.8 Å². The standard InChI is InChI=1S/C26H17N3S2/c1-3-9-18(10-4-1)24-23(21-13-7-15-30-21)26-20(25(27-24)22-14-8-16-31-22)17-29(28-26)19-11-5-2-6-12-19/h1-17H. The van der Waals surface area contributed by atoms with Crippen molar-refractivity contribution in [2.75, 3.05) is 0 Å². The van der Waals surface area contributed by atoms with Gasteiger partial charge in [-0.3, -0.25) is 0 Å². The van der Waals surface area contributed by atoms with Gasteiger partial charge in [0.25, 0.3) is 0 Å². The smallest absolute Gasteiger partial charge is 0.106 e. The number of benzene rings is 2. The molecule has 0 N–H and O–H groups in total. The fourth-order valence-electron chi connectivity index (χ4n) is 3.85. The molecular weight excluding hydrogens is 418 g/mol. The van der Waals surface area contributed by atoms with Crippen LogP contribution in [0.3, 0.4) is 0 Å². The third kappa shape index (κ3) is 3.19. The molecule has 4 aromatic heterocycles. The second kappa shape index (κ2) is 7.61. The lowest BCUT2D eigenvalue weighted by atomic mass is 10.0. The van der Waals surface area contributed by atoms with Crippen LogP contribution in [-0.2, 0) is 0 Å². The van der Waals surface area contributed by atoms with E-state index >= 15 is 0 Å². The molecule has 148 valence electrons. The fourth-order valence-corrected chi connectivity index (χ4v) is 5.35. The number of thiophene rings is 2. The number of fused-ring (bicyclic) bond motifs is 1. The first-order chi connectivity index (χ1) is 15.4. The van der Waals surface area contributed by atoms with Gasteiger partial charge in [0.05, 0.1) is 22.0 Å². The van der Waals surface area contributed by atoms with E-state index in [1.165, 1.54) is 4.88 Å². The zero-order chi connectivity index (χ0) is 20.6. The molecule has 0 amide bonds. The molecule has 6 rings (SSSR count). The minimum atomic E-state index is 0.970. The van der Waals surface area contributed by atoms with Gasteiger partial charge in [0.1, 0.15) is 5.52 Å². The Morgan fingerprint density at radius 3 is 2.00 bits per heavy atom. The van der Waals surface area contributed by atoms with E-state index in [0.717, 1.165) is 44.0 Å². The summed E-state index contributed by atoms with van der Waals surface area (Å²) in [6.45, 7) is 0. The van der Waals surface area contributed by atoms with E-state index in [4.69, 9.17) is 10.1 Å². The lowest BCUT2D eigenvalue weighted by Crippen LogP contribution is -1.95. The molecule has 3 nitrogen and oxygen atoms in total. The minimum absolute atomic E-state index is 0.970. The third-order valence-electron chi connectivity index (χ3n) is 5.26. The molecule has 0 spiro atoms. The van der Waals surface area contributed by atoms with Crippen molar-refractivity contribution >= 4 is 33.6 Å². The van der Waals surface area contributed by atoms with Crippen LogP contribution in [0.15, 0.2) is 102 Å². The first kappa shape index (κ1) is 18.2. The molecule has 0 saturated carbocycles. The van der Waals surface area contributed by atoms with E-state index in [-0.39, 0.29) is 0 Å². The number of hydrogen-bond acceptors (Lipinski definition) is 4. The highest BCUT2D eigenvalue weighted by atomic mass is 32.1. The van der Waals surface area contributed by atoms with Crippen molar-refractivity contribution in [1.29, 1.82) is 0 Å². The first-order valence-corrected chi connectivity index (χ1v) is 11.8. The lowest BCUT2D eigenvalue weighted by Gasteiger charge is -2.11. The number of hydrogen-bond donors (Lipinski definition) is 0. The molecule has 0 aliphatic rings. The van der Waals surface area contributed by atoms with Gasteiger partial charge in [-0.15, -0.1) is 22.7 Å². The van der Waals surface area contributed by atoms with Gasteiger partial charge < -0.3 is 0 Å². The summed E-state index contributed by atoms with van der Waals surface area (Å²) in [7, 11) is 0. The summed E-state index contributed by atoms with van der Waals surface area (Å²) < 4.78 is 1.97. The van der Waals surface area contributed by atoms with Crippen LogP contribution in [0.1, 0.15) is 0 Å². The van der Waals surface area contributed by atoms with Crippen molar-refractivity contribution in [3.8, 4) is 38.0 Å². The Morgan fingerprint density at radius 2 is 1.32 bits per heavy atom. The maximum absolute atomic E-state index is 5.24. The number of rotatable bonds is 4. The number of para-hydroxylation sites is 1. The SMILES string of the molecule is c1ccc(-c2nc(-c3cccs3)c3cn(-c4ccccc4)nc3c2-c2cccs2)cc1. The van der Waals surface area contributed by atoms with E-state index in [1.54, 1.807) is 22.7 Å². The Morgan fingerprint density at radius 1 is 0.645 bits per heavy atom. The molecule has 5 heteroatoms. The van der Waals surface area contributed by atoms with Crippen molar-refractivity contribution in [2.45, 2.75) is 0 Å². The van der Waals surface area contributed by atoms with Crippen LogP contribution < -0.4 is 0 Å². The van der Waals surface area contributed by atoms with Crippen LogP contribution in [0, 0.1) is 0 Å². The second-order valence-electron chi connectivity index (χ2n) is 7.18. The predicted molar refractivity (Wildman–Crippen MR) is 131 cm³/mol. The van der Waals surface area contributed by atoms with Crippen molar-refractivity contribution in [1.82, 2.24) is 14.8 Å². The van der Waals surface area contributed by atoms with Crippen LogP contribution in [0.5, 0.6) is 0 Å². The quantitative estimate of drug-likeness (QED) is 0.286. The van der Waals surface area contributed by atoms with Gasteiger partial charge in [-0.25, -0.2) is 9.67 Å². The average molecular weight is 436 g/mol. The Bertz CT molecular complexity index is 1450. The Kier molecular flexibility index (Phi) is 4.48. The molecule has 0 atom stereocenters. The minimum Gasteiger partial charge on any atom is -0.245 e. The summed E-state index contributed by atoms with van der Waals surface area (Å²) in [5.41, 5.74) is 6.15. The summed E-state index contributed by atoms with van der Waals surface area (Å²) in [5, 5.41) is 10.4. The van der Waals surface area contributed by atoms with Crippen LogP contribution in [0.25, 0.3) is 48.9 Å². The van der Waals surface area contributed by atoms with Gasteiger partial charge in [0, 0.05) is 27.6 Å². The van der Waals surface area contributed by atoms with Gasteiger partial charge >= 0.3 is 0 Å². The zero-order valence-electron chi connectivity index (χ0n) is 16.5. The maximum atomic E-state index is 5.24. The highest BCUT2D eigenvalue weighted by molar-refractivity contribution is 7.14. The fraction of sp³-hybridized carbons (Fsp3) is 0. The van der Waals surface area contributed by atoms with Gasteiger partial charge in [-0.1, -0.05) is 60.7 Å². The van der Waals surface area contributed by atoms with Crippen molar-refractivity contribution in [3.63, 3.8) is 0 Å². The average Bonchev–Trinajstić information content (AvgIpc) is 3.61. The lowest BCUT2D eigenvalue weighted by molar-refractivity contribution is 0.897. The first-order valence-electron chi connectivity index (χ1n) is 10.0. The van der Waals surface area contributed by atoms with E-state index < -0.39 is 0 Å². The predicted octanol–water partition coefficient (Wildman–Crippen LogP) is 7.54. The van der Waals surface area contributed by atoms with Gasteiger partial charge in [0.2, 0.25) is 0 Å². The highest BCUT2D eigenvalue weighted by Crippen LogP contribution is 2.42. The summed E-state index contributed by atoms with van der Waals surface area (Å²) in [4.78, 5) is 7.56. The van der Waals surface area contributed by atoms with E-state index in [1.807, 2.05) is 28.9 Å². The summed E-state index contributed by atoms with van der Waals surface area (Å²) in [6.07, 6.45) is 2.11. The molecule has 0 saturated heterocycles. The van der Waals surface area contributed by atoms with Crippen molar-refractivity contribution < 1.29 is 0 Å². The normalized spacial score (nSPS) is 11.2. The molecule has 0 aliphatic carbocycles. The van der Waals surface area contributed by atoms with E-state index in [9.17, 15) is 0 Å². The summed E-state index contributed by atoms with van der Waals surface area (Å²) in [6, 6.07) is 29.1. The Hall–Kier alpha value is -3.54. The van der Waals surface area contributed by atoms with Crippen LogP contribution in [0.4, 0.5) is 0 Å². The number of aromatic nitrogens is 3. The molecule has 2 aromatic carbocycles. The molecule has 0 radical (unpaired) electrons. The summed E-state index contributed by atoms with van der Waals surface area (Å²) in [5.74, 6) is 0. The van der Waals surface area contributed by atoms with Gasteiger partial charge in [-0.05, 0) is 35.0 Å². The van der Waals surface area contributed by atoms with Crippen molar-refractivity contribution in [3.05, 3.63) is 102 Å². The zero-order valence-corrected chi connectivity index (χ0v) is 18.1. The Balaban J connectivity index is 1.74. The van der Waals surface area contributed by atoms with Gasteiger partial charge in [-0.2, -0.15) is 5.10 Å². The monoisotopic (exact) mass is 435 g/mol. The van der Waals surface area contributed by atoms with Gasteiger partial charge in [0.15, 0.2) is 0 Å². The second-order valence-corrected chi connectivity index (χ2v) is 9.07. The van der Waals surface area contributed by atoms with E-state index in [0.29, 0.717) is 0 Å². The third-order valence-corrected chi connectivity index (χ3v) is 7.02. The Labute approximate surface area is 187 Å². The topological polar surface area (TPSA) is 30.7 Å². The largest absolute Gasteiger partial charge is 0.245 e. The number of pyridine rings is 1. The molecule has 0 aliphatic heterocycles. The molecule has 4 heterocycles. The van der Waals surface area contributed by atoms with Crippen LogP contribution >= 0.6 is 22.7 Å². The van der Waals surface area contributed by atoms with Crippen molar-refractivity contribution in [2.24, 2.45) is 0 Å². The summed E-state index contributed by atoms with van der Waals surface area (Å²) >= 11 is 3.43. The van der Waals surface area contributed by atoms with Crippen LogP contribution in [0.2, 0.25) is 0 Å².